The van der Waals surface area contributed by atoms with Crippen molar-refractivity contribution in [2.24, 2.45) is 0 Å². The SMILES string of the molecule is O=C(NC1CC1)[C@@H]1C[C@H](Oc2cccnc2)CN1S(=O)(=O)c1cccc(F)c1. The summed E-state index contributed by atoms with van der Waals surface area (Å²) in [7, 11) is -4.06. The number of carbonyl (C=O) groups is 1. The number of benzene rings is 1. The number of rotatable bonds is 6. The molecule has 2 aromatic rings. The van der Waals surface area contributed by atoms with Gasteiger partial charge in [-0.2, -0.15) is 4.31 Å². The molecule has 2 atom stereocenters. The molecule has 4 rings (SSSR count). The predicted octanol–water partition coefficient (Wildman–Crippen LogP) is 1.71. The van der Waals surface area contributed by atoms with Gasteiger partial charge in [0.2, 0.25) is 15.9 Å². The first-order chi connectivity index (χ1) is 13.4. The van der Waals surface area contributed by atoms with Crippen LogP contribution in [0.2, 0.25) is 0 Å². The summed E-state index contributed by atoms with van der Waals surface area (Å²) in [4.78, 5) is 16.5. The van der Waals surface area contributed by atoms with Crippen LogP contribution in [0.3, 0.4) is 0 Å². The van der Waals surface area contributed by atoms with Crippen LogP contribution < -0.4 is 10.1 Å². The van der Waals surface area contributed by atoms with Crippen LogP contribution in [-0.4, -0.2) is 48.3 Å². The number of halogens is 1. The Morgan fingerprint density at radius 1 is 1.25 bits per heavy atom. The number of nitrogens with one attached hydrogen (secondary N) is 1. The highest BCUT2D eigenvalue weighted by molar-refractivity contribution is 7.89. The Labute approximate surface area is 162 Å². The molecule has 1 aromatic heterocycles. The number of carbonyl (C=O) groups excluding carboxylic acids is 1. The topological polar surface area (TPSA) is 88.6 Å². The number of sulfonamides is 1. The van der Waals surface area contributed by atoms with Crippen molar-refractivity contribution in [3.05, 3.63) is 54.6 Å². The Balaban J connectivity index is 1.60. The van der Waals surface area contributed by atoms with E-state index in [1.54, 1.807) is 18.3 Å². The zero-order chi connectivity index (χ0) is 19.7. The third kappa shape index (κ3) is 4.00. The van der Waals surface area contributed by atoms with Crippen LogP contribution in [0.1, 0.15) is 19.3 Å². The monoisotopic (exact) mass is 405 g/mol. The molecule has 148 valence electrons. The molecule has 1 amide bonds. The Kier molecular flexibility index (Phi) is 5.03. The Morgan fingerprint density at radius 2 is 2.07 bits per heavy atom. The fraction of sp³-hybridized carbons (Fsp3) is 0.368. The lowest BCUT2D eigenvalue weighted by molar-refractivity contribution is -0.124. The molecule has 1 saturated heterocycles. The van der Waals surface area contributed by atoms with Crippen molar-refractivity contribution in [1.29, 1.82) is 0 Å². The number of aromatic nitrogens is 1. The van der Waals surface area contributed by atoms with Gasteiger partial charge in [-0.3, -0.25) is 9.78 Å². The molecular formula is C19H20FN3O4S. The number of hydrogen-bond acceptors (Lipinski definition) is 5. The molecule has 1 aliphatic heterocycles. The maximum absolute atomic E-state index is 13.6. The number of ether oxygens (including phenoxy) is 1. The van der Waals surface area contributed by atoms with E-state index in [0.717, 1.165) is 23.2 Å². The van der Waals surface area contributed by atoms with E-state index in [1.165, 1.54) is 24.4 Å². The van der Waals surface area contributed by atoms with Gasteiger partial charge in [-0.1, -0.05) is 6.07 Å². The van der Waals surface area contributed by atoms with Gasteiger partial charge in [0.25, 0.3) is 0 Å². The van der Waals surface area contributed by atoms with E-state index in [0.29, 0.717) is 5.75 Å². The zero-order valence-corrected chi connectivity index (χ0v) is 15.8. The van der Waals surface area contributed by atoms with Gasteiger partial charge in [0.05, 0.1) is 17.6 Å². The van der Waals surface area contributed by atoms with Crippen molar-refractivity contribution in [2.75, 3.05) is 6.54 Å². The lowest BCUT2D eigenvalue weighted by Gasteiger charge is -2.23. The molecule has 0 bridgehead atoms. The van der Waals surface area contributed by atoms with Crippen molar-refractivity contribution < 1.29 is 22.3 Å². The summed E-state index contributed by atoms with van der Waals surface area (Å²) in [5, 5.41) is 2.86. The maximum Gasteiger partial charge on any atom is 0.244 e. The summed E-state index contributed by atoms with van der Waals surface area (Å²) in [5.41, 5.74) is 0. The largest absolute Gasteiger partial charge is 0.487 e. The molecule has 9 heteroatoms. The van der Waals surface area contributed by atoms with Crippen LogP contribution in [0.4, 0.5) is 4.39 Å². The lowest BCUT2D eigenvalue weighted by Crippen LogP contribution is -2.46. The van der Waals surface area contributed by atoms with Crippen LogP contribution in [0.25, 0.3) is 0 Å². The number of pyridine rings is 1. The lowest BCUT2D eigenvalue weighted by atomic mass is 10.2. The van der Waals surface area contributed by atoms with Gasteiger partial charge >= 0.3 is 0 Å². The summed E-state index contributed by atoms with van der Waals surface area (Å²) in [6.07, 6.45) is 4.62. The Bertz CT molecular complexity index is 966. The molecule has 2 fully saturated rings. The van der Waals surface area contributed by atoms with Gasteiger partial charge in [0.15, 0.2) is 0 Å². The molecule has 1 aliphatic carbocycles. The summed E-state index contributed by atoms with van der Waals surface area (Å²) >= 11 is 0. The summed E-state index contributed by atoms with van der Waals surface area (Å²) < 4.78 is 46.8. The Morgan fingerprint density at radius 3 is 2.75 bits per heavy atom. The van der Waals surface area contributed by atoms with Crippen molar-refractivity contribution in [1.82, 2.24) is 14.6 Å². The molecule has 28 heavy (non-hydrogen) atoms. The average molecular weight is 405 g/mol. The van der Waals surface area contributed by atoms with Gasteiger partial charge in [-0.15, -0.1) is 0 Å². The number of amides is 1. The van der Waals surface area contributed by atoms with Crippen LogP contribution in [-0.2, 0) is 14.8 Å². The fourth-order valence-corrected chi connectivity index (χ4v) is 4.92. The summed E-state index contributed by atoms with van der Waals surface area (Å²) in [6.45, 7) is -0.00348. The normalized spacial score (nSPS) is 22.8. The van der Waals surface area contributed by atoms with Gasteiger partial charge < -0.3 is 10.1 Å². The maximum atomic E-state index is 13.6. The van der Waals surface area contributed by atoms with Gasteiger partial charge in [-0.05, 0) is 43.2 Å². The zero-order valence-electron chi connectivity index (χ0n) is 15.0. The van der Waals surface area contributed by atoms with Crippen LogP contribution in [0.5, 0.6) is 5.75 Å². The predicted molar refractivity (Wildman–Crippen MR) is 98.5 cm³/mol. The highest BCUT2D eigenvalue weighted by Crippen LogP contribution is 2.30. The van der Waals surface area contributed by atoms with Crippen LogP contribution >= 0.6 is 0 Å². The van der Waals surface area contributed by atoms with E-state index >= 15 is 0 Å². The number of nitrogens with zero attached hydrogens (tertiary/aromatic N) is 2. The van der Waals surface area contributed by atoms with Crippen LogP contribution in [0, 0.1) is 5.82 Å². The van der Waals surface area contributed by atoms with Crippen molar-refractivity contribution >= 4 is 15.9 Å². The fourth-order valence-electron chi connectivity index (χ4n) is 3.26. The minimum atomic E-state index is -4.06. The molecule has 1 aromatic carbocycles. The molecule has 7 nitrogen and oxygen atoms in total. The molecule has 2 heterocycles. The van der Waals surface area contributed by atoms with Gasteiger partial charge in [0, 0.05) is 18.7 Å². The van der Waals surface area contributed by atoms with E-state index < -0.39 is 28.0 Å². The second-order valence-electron chi connectivity index (χ2n) is 7.00. The van der Waals surface area contributed by atoms with E-state index in [1.807, 2.05) is 0 Å². The van der Waals surface area contributed by atoms with Gasteiger partial charge in [0.1, 0.15) is 23.7 Å². The van der Waals surface area contributed by atoms with Crippen molar-refractivity contribution in [3.63, 3.8) is 0 Å². The molecule has 0 spiro atoms. The Hall–Kier alpha value is -2.52. The molecular weight excluding hydrogens is 385 g/mol. The minimum Gasteiger partial charge on any atom is -0.487 e. The van der Waals surface area contributed by atoms with E-state index in [4.69, 9.17) is 4.74 Å². The standard InChI is InChI=1S/C19H20FN3O4S/c20-13-3-1-5-17(9-13)28(25,26)23-12-16(27-15-4-2-8-21-11-15)10-18(23)19(24)22-14-6-7-14/h1-5,8-9,11,14,16,18H,6-7,10,12H2,(H,22,24)/t16-,18-/m0/s1. The minimum absolute atomic E-state index is 0.00348. The van der Waals surface area contributed by atoms with Crippen molar-refractivity contribution in [2.45, 2.75) is 42.3 Å². The molecule has 0 unspecified atom stereocenters. The highest BCUT2D eigenvalue weighted by atomic mass is 32.2. The molecule has 1 N–H and O–H groups in total. The first-order valence-electron chi connectivity index (χ1n) is 9.08. The summed E-state index contributed by atoms with van der Waals surface area (Å²) in [6, 6.07) is 7.42. The van der Waals surface area contributed by atoms with Crippen molar-refractivity contribution in [3.8, 4) is 5.75 Å². The second kappa shape index (κ2) is 7.48. The molecule has 0 radical (unpaired) electrons. The van der Waals surface area contributed by atoms with Gasteiger partial charge in [-0.25, -0.2) is 12.8 Å². The third-order valence-corrected chi connectivity index (χ3v) is 6.65. The summed E-state index contributed by atoms with van der Waals surface area (Å²) in [5.74, 6) is -0.499. The second-order valence-corrected chi connectivity index (χ2v) is 8.89. The number of hydrogen-bond donors (Lipinski definition) is 1. The first kappa shape index (κ1) is 18.8. The third-order valence-electron chi connectivity index (χ3n) is 4.78. The quantitative estimate of drug-likeness (QED) is 0.791. The molecule has 1 saturated carbocycles. The van der Waals surface area contributed by atoms with Crippen LogP contribution in [0.15, 0.2) is 53.7 Å². The highest BCUT2D eigenvalue weighted by Gasteiger charge is 2.46. The van der Waals surface area contributed by atoms with E-state index in [-0.39, 0.29) is 29.8 Å². The average Bonchev–Trinajstić information content (AvgIpc) is 3.38. The smallest absolute Gasteiger partial charge is 0.244 e. The van der Waals surface area contributed by atoms with E-state index in [9.17, 15) is 17.6 Å². The first-order valence-corrected chi connectivity index (χ1v) is 10.5. The molecule has 2 aliphatic rings. The van der Waals surface area contributed by atoms with E-state index in [2.05, 4.69) is 10.3 Å².